The first-order chi connectivity index (χ1) is 5.57. The van der Waals surface area contributed by atoms with Crippen LogP contribution in [0.1, 0.15) is 32.9 Å². The number of carbonyl (C=O) groups is 1. The second-order valence-electron chi connectivity index (χ2n) is 3.08. The molecule has 0 aliphatic heterocycles. The van der Waals surface area contributed by atoms with Gasteiger partial charge in [0, 0.05) is 5.69 Å². The third kappa shape index (κ3) is 1.24. The smallest absolute Gasteiger partial charge is 0.168 e. The van der Waals surface area contributed by atoms with E-state index in [1.54, 1.807) is 0 Å². The second kappa shape index (κ2) is 3.05. The summed E-state index contributed by atoms with van der Waals surface area (Å²) in [5.41, 5.74) is 4.85. The Morgan fingerprint density at radius 1 is 1.00 bits per heavy atom. The monoisotopic (exact) mass is 163 g/mol. The normalized spacial score (nSPS) is 10.0. The average molecular weight is 163 g/mol. The number of hydrogen-bond acceptors (Lipinski definition) is 2. The number of aryl methyl sites for hydroxylation is 1. The molecule has 0 fully saturated rings. The van der Waals surface area contributed by atoms with Crippen molar-refractivity contribution in [3.05, 3.63) is 28.1 Å². The fourth-order valence-corrected chi connectivity index (χ4v) is 1.21. The standard InChI is InChI=1S/C10H13NO/c1-6-7(2)9(4)11-10(5-12)8(6)3/h5H,1-4H3. The molecule has 1 aromatic rings. The van der Waals surface area contributed by atoms with Crippen LogP contribution in [0.15, 0.2) is 0 Å². The summed E-state index contributed by atoms with van der Waals surface area (Å²) < 4.78 is 0. The number of rotatable bonds is 1. The Labute approximate surface area is 72.6 Å². The van der Waals surface area contributed by atoms with E-state index in [0.717, 1.165) is 17.5 Å². The quantitative estimate of drug-likeness (QED) is 0.593. The highest BCUT2D eigenvalue weighted by molar-refractivity contribution is 5.75. The molecule has 64 valence electrons. The summed E-state index contributed by atoms with van der Waals surface area (Å²) in [6.07, 6.45) is 0.814. The van der Waals surface area contributed by atoms with E-state index in [9.17, 15) is 4.79 Å². The molecule has 0 aliphatic carbocycles. The van der Waals surface area contributed by atoms with Crippen LogP contribution in [0.4, 0.5) is 0 Å². The van der Waals surface area contributed by atoms with Gasteiger partial charge in [-0.3, -0.25) is 4.79 Å². The first-order valence-electron chi connectivity index (χ1n) is 3.97. The summed E-state index contributed by atoms with van der Waals surface area (Å²) >= 11 is 0. The molecule has 0 aliphatic rings. The Morgan fingerprint density at radius 2 is 1.58 bits per heavy atom. The summed E-state index contributed by atoms with van der Waals surface area (Å²) in [5, 5.41) is 0. The molecule has 0 amide bonds. The van der Waals surface area contributed by atoms with Gasteiger partial charge in [0.2, 0.25) is 0 Å². The minimum Gasteiger partial charge on any atom is -0.296 e. The Bertz CT molecular complexity index is 329. The average Bonchev–Trinajstić information content (AvgIpc) is 2.08. The molecule has 12 heavy (non-hydrogen) atoms. The van der Waals surface area contributed by atoms with Crippen molar-refractivity contribution >= 4 is 6.29 Å². The number of aldehydes is 1. The van der Waals surface area contributed by atoms with Crippen LogP contribution in [-0.4, -0.2) is 11.3 Å². The van der Waals surface area contributed by atoms with Crippen molar-refractivity contribution in [1.29, 1.82) is 0 Å². The molecule has 0 saturated heterocycles. The van der Waals surface area contributed by atoms with Crippen molar-refractivity contribution in [3.8, 4) is 0 Å². The molecule has 1 rings (SSSR count). The molecule has 2 nitrogen and oxygen atoms in total. The van der Waals surface area contributed by atoms with Gasteiger partial charge in [0.1, 0.15) is 5.69 Å². The largest absolute Gasteiger partial charge is 0.296 e. The van der Waals surface area contributed by atoms with E-state index in [2.05, 4.69) is 4.98 Å². The van der Waals surface area contributed by atoms with Gasteiger partial charge in [0.05, 0.1) is 0 Å². The first kappa shape index (κ1) is 8.91. The zero-order valence-electron chi connectivity index (χ0n) is 7.93. The topological polar surface area (TPSA) is 30.0 Å². The maximum atomic E-state index is 10.6. The predicted molar refractivity (Wildman–Crippen MR) is 48.6 cm³/mol. The van der Waals surface area contributed by atoms with Crippen molar-refractivity contribution in [1.82, 2.24) is 4.98 Å². The lowest BCUT2D eigenvalue weighted by Crippen LogP contribution is -2.01. The lowest BCUT2D eigenvalue weighted by molar-refractivity contribution is 0.111. The van der Waals surface area contributed by atoms with Gasteiger partial charge in [0.25, 0.3) is 0 Å². The Morgan fingerprint density at radius 3 is 2.08 bits per heavy atom. The van der Waals surface area contributed by atoms with Gasteiger partial charge >= 0.3 is 0 Å². The van der Waals surface area contributed by atoms with E-state index in [1.165, 1.54) is 11.1 Å². The highest BCUT2D eigenvalue weighted by atomic mass is 16.1. The van der Waals surface area contributed by atoms with Crippen LogP contribution >= 0.6 is 0 Å². The Kier molecular flexibility index (Phi) is 2.27. The van der Waals surface area contributed by atoms with Crippen LogP contribution in [0.2, 0.25) is 0 Å². The first-order valence-corrected chi connectivity index (χ1v) is 3.97. The lowest BCUT2D eigenvalue weighted by atomic mass is 10.0. The molecular weight excluding hydrogens is 150 g/mol. The molecule has 0 radical (unpaired) electrons. The number of carbonyl (C=O) groups excluding carboxylic acids is 1. The molecule has 0 unspecified atom stereocenters. The highest BCUT2D eigenvalue weighted by Crippen LogP contribution is 2.16. The predicted octanol–water partition coefficient (Wildman–Crippen LogP) is 2.13. The van der Waals surface area contributed by atoms with Crippen LogP contribution in [0, 0.1) is 27.7 Å². The fourth-order valence-electron chi connectivity index (χ4n) is 1.21. The van der Waals surface area contributed by atoms with Gasteiger partial charge in [-0.2, -0.15) is 0 Å². The van der Waals surface area contributed by atoms with E-state index in [-0.39, 0.29) is 0 Å². The third-order valence-corrected chi connectivity index (χ3v) is 2.45. The van der Waals surface area contributed by atoms with Crippen molar-refractivity contribution in [3.63, 3.8) is 0 Å². The second-order valence-corrected chi connectivity index (χ2v) is 3.08. The SMILES string of the molecule is Cc1nc(C=O)c(C)c(C)c1C. The molecule has 0 atom stereocenters. The van der Waals surface area contributed by atoms with E-state index in [4.69, 9.17) is 0 Å². The lowest BCUT2D eigenvalue weighted by Gasteiger charge is -2.08. The number of nitrogens with zero attached hydrogens (tertiary/aromatic N) is 1. The molecule has 0 saturated carbocycles. The van der Waals surface area contributed by atoms with Crippen molar-refractivity contribution in [2.45, 2.75) is 27.7 Å². The van der Waals surface area contributed by atoms with Crippen LogP contribution in [0.5, 0.6) is 0 Å². The van der Waals surface area contributed by atoms with Gasteiger partial charge in [-0.15, -0.1) is 0 Å². The number of pyridine rings is 1. The van der Waals surface area contributed by atoms with Crippen LogP contribution in [0.25, 0.3) is 0 Å². The Hall–Kier alpha value is -1.18. The Balaban J connectivity index is 3.49. The molecule has 2 heteroatoms. The molecular formula is C10H13NO. The summed E-state index contributed by atoms with van der Waals surface area (Å²) in [4.78, 5) is 14.8. The maximum Gasteiger partial charge on any atom is 0.168 e. The van der Waals surface area contributed by atoms with Gasteiger partial charge in [-0.1, -0.05) is 0 Å². The van der Waals surface area contributed by atoms with E-state index in [1.807, 2.05) is 27.7 Å². The van der Waals surface area contributed by atoms with Crippen LogP contribution in [0.3, 0.4) is 0 Å². The van der Waals surface area contributed by atoms with Gasteiger partial charge < -0.3 is 0 Å². The third-order valence-electron chi connectivity index (χ3n) is 2.45. The minimum absolute atomic E-state index is 0.565. The molecule has 1 heterocycles. The number of hydrogen-bond donors (Lipinski definition) is 0. The van der Waals surface area contributed by atoms with Crippen LogP contribution in [-0.2, 0) is 0 Å². The van der Waals surface area contributed by atoms with Gasteiger partial charge in [-0.25, -0.2) is 4.98 Å². The van der Waals surface area contributed by atoms with Crippen molar-refractivity contribution in [2.75, 3.05) is 0 Å². The zero-order valence-corrected chi connectivity index (χ0v) is 7.93. The summed E-state index contributed by atoms with van der Waals surface area (Å²) in [6, 6.07) is 0. The summed E-state index contributed by atoms with van der Waals surface area (Å²) in [5.74, 6) is 0. The highest BCUT2D eigenvalue weighted by Gasteiger charge is 2.06. The van der Waals surface area contributed by atoms with Crippen molar-refractivity contribution < 1.29 is 4.79 Å². The molecule has 0 spiro atoms. The van der Waals surface area contributed by atoms with Crippen LogP contribution < -0.4 is 0 Å². The van der Waals surface area contributed by atoms with E-state index in [0.29, 0.717) is 5.69 Å². The zero-order chi connectivity index (χ0) is 9.30. The summed E-state index contributed by atoms with van der Waals surface area (Å²) in [6.45, 7) is 7.90. The minimum atomic E-state index is 0.565. The molecule has 0 aromatic carbocycles. The number of aromatic nitrogens is 1. The fraction of sp³-hybridized carbons (Fsp3) is 0.400. The summed E-state index contributed by atoms with van der Waals surface area (Å²) in [7, 11) is 0. The molecule has 0 N–H and O–H groups in total. The van der Waals surface area contributed by atoms with Gasteiger partial charge in [0.15, 0.2) is 6.29 Å². The van der Waals surface area contributed by atoms with E-state index < -0.39 is 0 Å². The van der Waals surface area contributed by atoms with Crippen molar-refractivity contribution in [2.24, 2.45) is 0 Å². The molecule has 0 bridgehead atoms. The van der Waals surface area contributed by atoms with Gasteiger partial charge in [-0.05, 0) is 44.4 Å². The maximum absolute atomic E-state index is 10.6. The van der Waals surface area contributed by atoms with E-state index >= 15 is 0 Å². The molecule has 1 aromatic heterocycles.